The van der Waals surface area contributed by atoms with E-state index in [0.29, 0.717) is 10.6 Å². The zero-order chi connectivity index (χ0) is 10.1. The lowest BCUT2D eigenvalue weighted by atomic mass is 9.91. The zero-order valence-electron chi connectivity index (χ0n) is 7.79. The van der Waals surface area contributed by atoms with Gasteiger partial charge in [0.1, 0.15) is 4.88 Å². The average molecular weight is 194 g/mol. The van der Waals surface area contributed by atoms with Crippen molar-refractivity contribution in [2.45, 2.75) is 26.2 Å². The summed E-state index contributed by atoms with van der Waals surface area (Å²) < 4.78 is 3.73. The summed E-state index contributed by atoms with van der Waals surface area (Å²) in [4.78, 5) is 11.7. The highest BCUT2D eigenvalue weighted by Crippen LogP contribution is 2.25. The Kier molecular flexibility index (Phi) is 2.48. The molecule has 1 rings (SSSR count). The fraction of sp³-hybridized carbons (Fsp3) is 0.444. The Morgan fingerprint density at radius 2 is 2.15 bits per heavy atom. The topological polar surface area (TPSA) is 42.9 Å². The largest absolute Gasteiger partial charge is 0.278 e. The highest BCUT2D eigenvalue weighted by atomic mass is 32.1. The number of nitrogens with zero attached hydrogens (tertiary/aromatic N) is 2. The Hall–Kier alpha value is -1.21. The van der Waals surface area contributed by atoms with Crippen molar-refractivity contribution in [1.82, 2.24) is 9.59 Å². The van der Waals surface area contributed by atoms with E-state index in [4.69, 9.17) is 6.42 Å². The van der Waals surface area contributed by atoms with Gasteiger partial charge in [-0.25, -0.2) is 0 Å². The lowest BCUT2D eigenvalue weighted by Gasteiger charge is -2.14. The van der Waals surface area contributed by atoms with Crippen molar-refractivity contribution in [3.63, 3.8) is 0 Å². The molecule has 0 aliphatic heterocycles. The number of carbonyl (C=O) groups is 1. The summed E-state index contributed by atoms with van der Waals surface area (Å²) in [6.07, 6.45) is 5.03. The third-order valence-electron chi connectivity index (χ3n) is 1.54. The number of Topliss-reactive ketones (excluding diaryl/α,β-unsaturated/α-hetero) is 1. The van der Waals surface area contributed by atoms with Crippen LogP contribution in [0.25, 0.3) is 0 Å². The van der Waals surface area contributed by atoms with Crippen LogP contribution in [0.4, 0.5) is 0 Å². The molecule has 0 N–H and O–H groups in total. The van der Waals surface area contributed by atoms with Gasteiger partial charge in [-0.1, -0.05) is 25.3 Å². The number of rotatable bonds is 1. The molecule has 0 amide bonds. The maximum Gasteiger partial charge on any atom is 0.249 e. The SMILES string of the molecule is C#CC(=O)c1snnc1C(C)(C)C. The minimum Gasteiger partial charge on any atom is -0.278 e. The molecule has 1 aromatic heterocycles. The van der Waals surface area contributed by atoms with Gasteiger partial charge in [0.15, 0.2) is 0 Å². The van der Waals surface area contributed by atoms with Gasteiger partial charge in [-0.3, -0.25) is 4.79 Å². The number of hydrogen-bond acceptors (Lipinski definition) is 4. The van der Waals surface area contributed by atoms with Gasteiger partial charge >= 0.3 is 0 Å². The van der Waals surface area contributed by atoms with E-state index in [1.54, 1.807) is 0 Å². The van der Waals surface area contributed by atoms with Gasteiger partial charge in [-0.05, 0) is 17.5 Å². The number of carbonyl (C=O) groups excluding carboxylic acids is 1. The van der Waals surface area contributed by atoms with E-state index in [-0.39, 0.29) is 11.2 Å². The molecule has 0 aliphatic rings. The van der Waals surface area contributed by atoms with Crippen LogP contribution >= 0.6 is 11.5 Å². The van der Waals surface area contributed by atoms with Crippen molar-refractivity contribution in [3.05, 3.63) is 10.6 Å². The van der Waals surface area contributed by atoms with Crippen molar-refractivity contribution in [2.75, 3.05) is 0 Å². The summed E-state index contributed by atoms with van der Waals surface area (Å²) >= 11 is 1.06. The Morgan fingerprint density at radius 1 is 1.54 bits per heavy atom. The quantitative estimate of drug-likeness (QED) is 0.388. The summed E-state index contributed by atoms with van der Waals surface area (Å²) in [6.45, 7) is 5.91. The summed E-state index contributed by atoms with van der Waals surface area (Å²) in [6, 6.07) is 0. The molecule has 0 unspecified atom stereocenters. The molecule has 13 heavy (non-hydrogen) atoms. The molecule has 0 spiro atoms. The van der Waals surface area contributed by atoms with Crippen LogP contribution in [-0.4, -0.2) is 15.4 Å². The Labute approximate surface area is 81.3 Å². The molecule has 0 aromatic carbocycles. The first kappa shape index (κ1) is 9.87. The maximum atomic E-state index is 11.2. The van der Waals surface area contributed by atoms with Crippen LogP contribution in [0, 0.1) is 12.3 Å². The molecule has 0 saturated carbocycles. The maximum absolute atomic E-state index is 11.2. The molecule has 3 nitrogen and oxygen atoms in total. The summed E-state index contributed by atoms with van der Waals surface area (Å²) in [5.74, 6) is 1.74. The monoisotopic (exact) mass is 194 g/mol. The number of terminal acetylenes is 1. The summed E-state index contributed by atoms with van der Waals surface area (Å²) in [7, 11) is 0. The highest BCUT2D eigenvalue weighted by Gasteiger charge is 2.25. The minimum atomic E-state index is -0.333. The van der Waals surface area contributed by atoms with Crippen LogP contribution < -0.4 is 0 Å². The van der Waals surface area contributed by atoms with Gasteiger partial charge in [-0.15, -0.1) is 11.5 Å². The van der Waals surface area contributed by atoms with Crippen molar-refractivity contribution < 1.29 is 4.79 Å². The number of hydrogen-bond donors (Lipinski definition) is 0. The van der Waals surface area contributed by atoms with Gasteiger partial charge in [0.25, 0.3) is 0 Å². The lowest BCUT2D eigenvalue weighted by molar-refractivity contribution is 0.105. The van der Waals surface area contributed by atoms with E-state index < -0.39 is 0 Å². The van der Waals surface area contributed by atoms with Crippen LogP contribution in [0.5, 0.6) is 0 Å². The summed E-state index contributed by atoms with van der Waals surface area (Å²) in [5.41, 5.74) is 0.495. The molecule has 0 saturated heterocycles. The van der Waals surface area contributed by atoms with E-state index in [9.17, 15) is 4.79 Å². The van der Waals surface area contributed by atoms with Crippen LogP contribution in [0.3, 0.4) is 0 Å². The van der Waals surface area contributed by atoms with Crippen molar-refractivity contribution >= 4 is 17.3 Å². The fourth-order valence-electron chi connectivity index (χ4n) is 0.896. The average Bonchev–Trinajstić information content (AvgIpc) is 2.49. The van der Waals surface area contributed by atoms with Crippen LogP contribution in [-0.2, 0) is 5.41 Å². The molecule has 4 heteroatoms. The smallest absolute Gasteiger partial charge is 0.249 e. The fourth-order valence-corrected chi connectivity index (χ4v) is 1.68. The Bertz CT molecular complexity index is 368. The predicted molar refractivity (Wildman–Crippen MR) is 51.8 cm³/mol. The highest BCUT2D eigenvalue weighted by molar-refractivity contribution is 7.08. The van der Waals surface area contributed by atoms with Gasteiger partial charge in [0.2, 0.25) is 5.78 Å². The normalized spacial score (nSPS) is 10.9. The standard InChI is InChI=1S/C9H10N2OS/c1-5-6(12)7-8(9(2,3)4)10-11-13-7/h1H,2-4H3. The lowest BCUT2D eigenvalue weighted by Crippen LogP contribution is -2.15. The predicted octanol–water partition coefficient (Wildman–Crippen LogP) is 1.65. The Balaban J connectivity index is 3.20. The molecule has 0 bridgehead atoms. The first-order valence-corrected chi connectivity index (χ1v) is 4.58. The van der Waals surface area contributed by atoms with Crippen molar-refractivity contribution in [3.8, 4) is 12.3 Å². The first-order chi connectivity index (χ1) is 5.96. The second kappa shape index (κ2) is 3.27. The molecular formula is C9H10N2OS. The molecule has 68 valence electrons. The van der Waals surface area contributed by atoms with Crippen LogP contribution in [0.1, 0.15) is 36.1 Å². The molecule has 0 aliphatic carbocycles. The third kappa shape index (κ3) is 1.93. The third-order valence-corrected chi connectivity index (χ3v) is 2.26. The second-order valence-electron chi connectivity index (χ2n) is 3.67. The van der Waals surface area contributed by atoms with E-state index in [0.717, 1.165) is 11.5 Å². The van der Waals surface area contributed by atoms with Crippen molar-refractivity contribution in [1.29, 1.82) is 0 Å². The van der Waals surface area contributed by atoms with Crippen LogP contribution in [0.15, 0.2) is 0 Å². The Morgan fingerprint density at radius 3 is 2.62 bits per heavy atom. The summed E-state index contributed by atoms with van der Waals surface area (Å²) in [5, 5.41) is 3.91. The van der Waals surface area contributed by atoms with Crippen LogP contribution in [0.2, 0.25) is 0 Å². The van der Waals surface area contributed by atoms with Crippen molar-refractivity contribution in [2.24, 2.45) is 0 Å². The second-order valence-corrected chi connectivity index (χ2v) is 4.43. The van der Waals surface area contributed by atoms with Gasteiger partial charge < -0.3 is 0 Å². The zero-order valence-corrected chi connectivity index (χ0v) is 8.60. The number of ketones is 1. The van der Waals surface area contributed by atoms with Gasteiger partial charge in [0.05, 0.1) is 5.69 Å². The number of aromatic nitrogens is 2. The first-order valence-electron chi connectivity index (χ1n) is 3.80. The van der Waals surface area contributed by atoms with Gasteiger partial charge in [0, 0.05) is 5.41 Å². The molecule has 1 aromatic rings. The molecule has 1 heterocycles. The molecule has 0 atom stereocenters. The molecular weight excluding hydrogens is 184 g/mol. The molecule has 0 fully saturated rings. The molecule has 0 radical (unpaired) electrons. The minimum absolute atomic E-state index is 0.186. The van der Waals surface area contributed by atoms with E-state index in [1.165, 1.54) is 0 Å². The van der Waals surface area contributed by atoms with Gasteiger partial charge in [-0.2, -0.15) is 0 Å². The van der Waals surface area contributed by atoms with E-state index >= 15 is 0 Å². The van der Waals surface area contributed by atoms with E-state index in [2.05, 4.69) is 15.5 Å². The van der Waals surface area contributed by atoms with E-state index in [1.807, 2.05) is 20.8 Å².